The average Bonchev–Trinajstić information content (AvgIpc) is 2.23. The van der Waals surface area contributed by atoms with Crippen LogP contribution in [-0.2, 0) is 11.2 Å². The third kappa shape index (κ3) is 1.91. The summed E-state index contributed by atoms with van der Waals surface area (Å²) in [6.45, 7) is 4.14. The van der Waals surface area contributed by atoms with Crippen LogP contribution in [0, 0.1) is 11.8 Å². The van der Waals surface area contributed by atoms with Crippen LogP contribution in [0.5, 0.6) is 0 Å². The Bertz CT molecular complexity index is 436. The van der Waals surface area contributed by atoms with Crippen molar-refractivity contribution in [2.45, 2.75) is 25.7 Å². The molecule has 2 atom stereocenters. The molecule has 0 radical (unpaired) electrons. The molecule has 1 aliphatic heterocycles. The average molecular weight is 229 g/mol. The number of carbonyl (C=O) groups excluding carboxylic acids is 1. The minimum absolute atomic E-state index is 0.240. The van der Waals surface area contributed by atoms with Gasteiger partial charge in [0.1, 0.15) is 5.78 Å². The van der Waals surface area contributed by atoms with Crippen LogP contribution in [0.4, 0.5) is 0 Å². The van der Waals surface area contributed by atoms with Gasteiger partial charge in [-0.1, -0.05) is 31.2 Å². The monoisotopic (exact) mass is 229 g/mol. The van der Waals surface area contributed by atoms with E-state index < -0.39 is 0 Å². The molecule has 0 spiro atoms. The zero-order chi connectivity index (χ0) is 11.8. The number of nitrogens with one attached hydrogen (secondary N) is 1. The Hall–Kier alpha value is -1.15. The molecule has 1 N–H and O–H groups in total. The van der Waals surface area contributed by atoms with Crippen LogP contribution in [0.2, 0.25) is 0 Å². The number of rotatable bonds is 4. The van der Waals surface area contributed by atoms with Gasteiger partial charge in [0.25, 0.3) is 0 Å². The normalized spacial score (nSPS) is 24.4. The molecule has 2 aliphatic rings. The highest BCUT2D eigenvalue weighted by atomic mass is 16.1. The number of ketones is 1. The van der Waals surface area contributed by atoms with Crippen molar-refractivity contribution in [1.82, 2.24) is 5.32 Å². The number of Topliss-reactive ketones (excluding diaryl/α,β-unsaturated/α-hetero) is 1. The van der Waals surface area contributed by atoms with E-state index in [1.54, 1.807) is 0 Å². The highest BCUT2D eigenvalue weighted by Crippen LogP contribution is 2.38. The fourth-order valence-electron chi connectivity index (χ4n) is 2.90. The highest BCUT2D eigenvalue weighted by molar-refractivity contribution is 5.82. The van der Waals surface area contributed by atoms with Gasteiger partial charge in [-0.25, -0.2) is 0 Å². The summed E-state index contributed by atoms with van der Waals surface area (Å²) < 4.78 is 0. The molecule has 0 bridgehead atoms. The Morgan fingerprint density at radius 1 is 1.41 bits per heavy atom. The number of hydrogen-bond donors (Lipinski definition) is 1. The lowest BCUT2D eigenvalue weighted by atomic mass is 9.72. The lowest BCUT2D eigenvalue weighted by Crippen LogP contribution is -2.47. The van der Waals surface area contributed by atoms with Crippen molar-refractivity contribution < 1.29 is 4.79 Å². The zero-order valence-electron chi connectivity index (χ0n) is 10.3. The van der Waals surface area contributed by atoms with Crippen molar-refractivity contribution in [3.63, 3.8) is 0 Å². The summed E-state index contributed by atoms with van der Waals surface area (Å²) >= 11 is 0. The maximum absolute atomic E-state index is 12.2. The lowest BCUT2D eigenvalue weighted by Gasteiger charge is -2.34. The summed E-state index contributed by atoms with van der Waals surface area (Å²) in [4.78, 5) is 12.2. The summed E-state index contributed by atoms with van der Waals surface area (Å²) in [6.07, 6.45) is 1.84. The molecular formula is C15H19NO. The molecule has 0 saturated carbocycles. The Labute approximate surface area is 102 Å². The molecule has 2 nitrogen and oxygen atoms in total. The summed E-state index contributed by atoms with van der Waals surface area (Å²) in [6, 6.07) is 8.51. The van der Waals surface area contributed by atoms with Crippen LogP contribution in [0.3, 0.4) is 0 Å². The number of carbonyl (C=O) groups is 1. The number of fused-ring (bicyclic) bond motifs is 1. The van der Waals surface area contributed by atoms with Gasteiger partial charge in [-0.2, -0.15) is 0 Å². The van der Waals surface area contributed by atoms with E-state index in [0.29, 0.717) is 17.6 Å². The Morgan fingerprint density at radius 3 is 2.82 bits per heavy atom. The van der Waals surface area contributed by atoms with Gasteiger partial charge in [0.2, 0.25) is 0 Å². The fraction of sp³-hybridized carbons (Fsp3) is 0.533. The molecule has 3 rings (SSSR count). The van der Waals surface area contributed by atoms with Gasteiger partial charge in [-0.15, -0.1) is 0 Å². The third-order valence-electron chi connectivity index (χ3n) is 4.44. The first-order chi connectivity index (χ1) is 8.25. The van der Waals surface area contributed by atoms with Gasteiger partial charge in [-0.3, -0.25) is 4.79 Å². The fourth-order valence-corrected chi connectivity index (χ4v) is 2.90. The zero-order valence-corrected chi connectivity index (χ0v) is 10.3. The van der Waals surface area contributed by atoms with E-state index in [4.69, 9.17) is 0 Å². The lowest BCUT2D eigenvalue weighted by molar-refractivity contribution is -0.125. The molecule has 1 saturated heterocycles. The van der Waals surface area contributed by atoms with E-state index >= 15 is 0 Å². The first-order valence-electron chi connectivity index (χ1n) is 6.57. The topological polar surface area (TPSA) is 29.1 Å². The smallest absolute Gasteiger partial charge is 0.136 e. The van der Waals surface area contributed by atoms with E-state index in [1.807, 2.05) is 0 Å². The summed E-state index contributed by atoms with van der Waals surface area (Å²) in [7, 11) is 0. The van der Waals surface area contributed by atoms with E-state index in [9.17, 15) is 4.79 Å². The van der Waals surface area contributed by atoms with Crippen LogP contribution in [0.1, 0.15) is 30.4 Å². The minimum Gasteiger partial charge on any atom is -0.316 e. The van der Waals surface area contributed by atoms with Crippen molar-refractivity contribution in [2.75, 3.05) is 13.1 Å². The van der Waals surface area contributed by atoms with Gasteiger partial charge >= 0.3 is 0 Å². The molecule has 0 amide bonds. The number of hydrogen-bond acceptors (Lipinski definition) is 2. The van der Waals surface area contributed by atoms with Gasteiger partial charge in [0.15, 0.2) is 0 Å². The SMILES string of the molecule is CC(C(=O)CC1Cc2ccccc21)C1CNC1. The second kappa shape index (κ2) is 4.26. The third-order valence-corrected chi connectivity index (χ3v) is 4.44. The standard InChI is InChI=1S/C15H19NO/c1-10(13-8-16-9-13)15(17)7-12-6-11-4-2-3-5-14(11)12/h2-5,10,12-13,16H,6-9H2,1H3. The van der Waals surface area contributed by atoms with Gasteiger partial charge in [0, 0.05) is 12.3 Å². The van der Waals surface area contributed by atoms with Crippen LogP contribution in [0.25, 0.3) is 0 Å². The Kier molecular flexibility index (Phi) is 2.75. The molecule has 1 heterocycles. The minimum atomic E-state index is 0.240. The van der Waals surface area contributed by atoms with Crippen LogP contribution >= 0.6 is 0 Å². The molecule has 17 heavy (non-hydrogen) atoms. The van der Waals surface area contributed by atoms with E-state index in [2.05, 4.69) is 36.5 Å². The van der Waals surface area contributed by atoms with Crippen molar-refractivity contribution in [1.29, 1.82) is 0 Å². The van der Waals surface area contributed by atoms with Crippen LogP contribution in [-0.4, -0.2) is 18.9 Å². The second-order valence-corrected chi connectivity index (χ2v) is 5.48. The van der Waals surface area contributed by atoms with Gasteiger partial charge in [-0.05, 0) is 42.5 Å². The first-order valence-corrected chi connectivity index (χ1v) is 6.57. The number of benzene rings is 1. The molecule has 2 unspecified atom stereocenters. The molecule has 1 aromatic carbocycles. The molecule has 1 aromatic rings. The largest absolute Gasteiger partial charge is 0.316 e. The highest BCUT2D eigenvalue weighted by Gasteiger charge is 2.33. The predicted octanol–water partition coefficient (Wildman–Crippen LogP) is 2.14. The quantitative estimate of drug-likeness (QED) is 0.857. The van der Waals surface area contributed by atoms with Gasteiger partial charge in [0.05, 0.1) is 0 Å². The predicted molar refractivity (Wildman–Crippen MR) is 68.0 cm³/mol. The van der Waals surface area contributed by atoms with Crippen LogP contribution < -0.4 is 5.32 Å². The molecule has 1 fully saturated rings. The van der Waals surface area contributed by atoms with E-state index in [0.717, 1.165) is 25.9 Å². The van der Waals surface area contributed by atoms with Gasteiger partial charge < -0.3 is 5.32 Å². The summed E-state index contributed by atoms with van der Waals surface area (Å²) in [5.41, 5.74) is 2.84. The molecule has 1 aliphatic carbocycles. The van der Waals surface area contributed by atoms with E-state index in [-0.39, 0.29) is 5.92 Å². The first kappa shape index (κ1) is 11.0. The summed E-state index contributed by atoms with van der Waals surface area (Å²) in [5.74, 6) is 1.77. The molecule has 2 heteroatoms. The second-order valence-electron chi connectivity index (χ2n) is 5.48. The Morgan fingerprint density at radius 2 is 2.18 bits per heavy atom. The maximum atomic E-state index is 12.2. The van der Waals surface area contributed by atoms with Crippen molar-refractivity contribution >= 4 is 5.78 Å². The molecular weight excluding hydrogens is 210 g/mol. The van der Waals surface area contributed by atoms with E-state index in [1.165, 1.54) is 11.1 Å². The molecule has 90 valence electrons. The Balaban J connectivity index is 1.60. The van der Waals surface area contributed by atoms with Crippen molar-refractivity contribution in [2.24, 2.45) is 11.8 Å². The molecule has 0 aromatic heterocycles. The van der Waals surface area contributed by atoms with Crippen LogP contribution in [0.15, 0.2) is 24.3 Å². The summed E-state index contributed by atoms with van der Waals surface area (Å²) in [5, 5.41) is 3.24. The van der Waals surface area contributed by atoms with Crippen molar-refractivity contribution in [3.05, 3.63) is 35.4 Å². The maximum Gasteiger partial charge on any atom is 0.136 e. The van der Waals surface area contributed by atoms with Crippen molar-refractivity contribution in [3.8, 4) is 0 Å².